The van der Waals surface area contributed by atoms with E-state index in [1.165, 1.54) is 0 Å². The number of carboxylic acids is 1. The molecule has 0 spiro atoms. The summed E-state index contributed by atoms with van der Waals surface area (Å²) in [4.78, 5) is 15.4. The van der Waals surface area contributed by atoms with E-state index in [0.29, 0.717) is 5.56 Å². The third kappa shape index (κ3) is 3.85. The van der Waals surface area contributed by atoms with Gasteiger partial charge in [0.05, 0.1) is 10.6 Å². The number of aryl methyl sites for hydroxylation is 1. The van der Waals surface area contributed by atoms with E-state index in [2.05, 4.69) is 18.8 Å². The minimum atomic E-state index is -0.877. The second-order valence-electron chi connectivity index (χ2n) is 3.59. The molecule has 1 rings (SSSR count). The van der Waals surface area contributed by atoms with Crippen molar-refractivity contribution in [3.8, 4) is 0 Å². The summed E-state index contributed by atoms with van der Waals surface area (Å²) in [5.41, 5.74) is 1.22. The average Bonchev–Trinajstić information content (AvgIpc) is 2.26. The number of nitrogens with zero attached hydrogens (tertiary/aromatic N) is 1. The molecule has 0 aliphatic heterocycles. The average molecular weight is 239 g/mol. The van der Waals surface area contributed by atoms with Crippen molar-refractivity contribution < 1.29 is 9.90 Å². The molecule has 0 unspecified atom stereocenters. The molecule has 0 fully saturated rings. The summed E-state index contributed by atoms with van der Waals surface area (Å²) < 4.78 is 0. The van der Waals surface area contributed by atoms with Crippen LogP contribution in [0.15, 0.2) is 17.2 Å². The fourth-order valence-electron chi connectivity index (χ4n) is 1.35. The maximum Gasteiger partial charge on any atom is 0.335 e. The lowest BCUT2D eigenvalue weighted by molar-refractivity contribution is 0.0696. The first-order valence-corrected chi connectivity index (χ1v) is 6.53. The largest absolute Gasteiger partial charge is 0.478 e. The lowest BCUT2D eigenvalue weighted by atomic mass is 10.2. The Labute approximate surface area is 100 Å². The fourth-order valence-corrected chi connectivity index (χ4v) is 2.15. The summed E-state index contributed by atoms with van der Waals surface area (Å²) in [5, 5.41) is 9.81. The summed E-state index contributed by atoms with van der Waals surface area (Å²) in [6.45, 7) is 4.16. The van der Waals surface area contributed by atoms with Gasteiger partial charge in [0.1, 0.15) is 0 Å². The standard InChI is InChI=1S/C12H17NO2S/c1-3-5-10-7-9(12(14)15)8-11(13-10)16-6-4-2/h7-8H,3-6H2,1-2H3,(H,14,15). The minimum absolute atomic E-state index is 0.344. The Kier molecular flexibility index (Phi) is 5.32. The number of aromatic nitrogens is 1. The van der Waals surface area contributed by atoms with Crippen molar-refractivity contribution in [3.63, 3.8) is 0 Å². The third-order valence-electron chi connectivity index (χ3n) is 2.06. The van der Waals surface area contributed by atoms with Crippen LogP contribution in [-0.4, -0.2) is 21.8 Å². The Morgan fingerprint density at radius 1 is 1.38 bits per heavy atom. The predicted molar refractivity (Wildman–Crippen MR) is 66.2 cm³/mol. The van der Waals surface area contributed by atoms with Crippen molar-refractivity contribution in [2.45, 2.75) is 38.1 Å². The van der Waals surface area contributed by atoms with E-state index in [1.807, 2.05) is 0 Å². The van der Waals surface area contributed by atoms with Gasteiger partial charge in [-0.1, -0.05) is 20.3 Å². The van der Waals surface area contributed by atoms with Gasteiger partial charge >= 0.3 is 5.97 Å². The number of carboxylic acid groups (broad SMARTS) is 1. The van der Waals surface area contributed by atoms with Gasteiger partial charge in [-0.3, -0.25) is 0 Å². The fraction of sp³-hybridized carbons (Fsp3) is 0.500. The first-order chi connectivity index (χ1) is 7.67. The molecule has 1 heterocycles. The number of carbonyl (C=O) groups is 1. The molecule has 0 aromatic carbocycles. The summed E-state index contributed by atoms with van der Waals surface area (Å²) in [7, 11) is 0. The van der Waals surface area contributed by atoms with Gasteiger partial charge in [0.25, 0.3) is 0 Å². The van der Waals surface area contributed by atoms with Crippen molar-refractivity contribution in [2.75, 3.05) is 5.75 Å². The Hall–Kier alpha value is -1.03. The maximum atomic E-state index is 10.9. The maximum absolute atomic E-state index is 10.9. The number of hydrogen-bond acceptors (Lipinski definition) is 3. The molecule has 0 aliphatic carbocycles. The van der Waals surface area contributed by atoms with E-state index in [4.69, 9.17) is 5.11 Å². The zero-order valence-electron chi connectivity index (χ0n) is 9.69. The van der Waals surface area contributed by atoms with Gasteiger partial charge in [-0.05, 0) is 30.7 Å². The Morgan fingerprint density at radius 2 is 2.12 bits per heavy atom. The predicted octanol–water partition coefficient (Wildman–Crippen LogP) is 3.23. The van der Waals surface area contributed by atoms with Crippen LogP contribution in [0.2, 0.25) is 0 Å². The molecule has 0 atom stereocenters. The first kappa shape index (κ1) is 13.0. The highest BCUT2D eigenvalue weighted by atomic mass is 32.2. The van der Waals surface area contributed by atoms with Gasteiger partial charge in [-0.2, -0.15) is 0 Å². The van der Waals surface area contributed by atoms with Crippen LogP contribution in [0.4, 0.5) is 0 Å². The van der Waals surface area contributed by atoms with Crippen LogP contribution >= 0.6 is 11.8 Å². The Bertz CT molecular complexity index is 366. The van der Waals surface area contributed by atoms with Gasteiger partial charge in [-0.15, -0.1) is 11.8 Å². The zero-order valence-corrected chi connectivity index (χ0v) is 10.5. The number of aromatic carboxylic acids is 1. The summed E-state index contributed by atoms with van der Waals surface area (Å²) in [6.07, 6.45) is 2.88. The summed E-state index contributed by atoms with van der Waals surface area (Å²) in [5.74, 6) is 0.0971. The van der Waals surface area contributed by atoms with Crippen molar-refractivity contribution in [2.24, 2.45) is 0 Å². The normalized spacial score (nSPS) is 10.4. The molecule has 1 N–H and O–H groups in total. The molecular weight excluding hydrogens is 222 g/mol. The van der Waals surface area contributed by atoms with Crippen molar-refractivity contribution in [1.29, 1.82) is 0 Å². The zero-order chi connectivity index (χ0) is 12.0. The van der Waals surface area contributed by atoms with Gasteiger partial charge < -0.3 is 5.11 Å². The lowest BCUT2D eigenvalue weighted by Gasteiger charge is -2.05. The second kappa shape index (κ2) is 6.53. The lowest BCUT2D eigenvalue weighted by Crippen LogP contribution is -2.01. The van der Waals surface area contributed by atoms with E-state index in [9.17, 15) is 4.79 Å². The molecule has 0 saturated heterocycles. The molecule has 0 aliphatic rings. The highest BCUT2D eigenvalue weighted by Crippen LogP contribution is 2.19. The van der Waals surface area contributed by atoms with Crippen molar-refractivity contribution in [1.82, 2.24) is 4.98 Å². The molecule has 16 heavy (non-hydrogen) atoms. The van der Waals surface area contributed by atoms with Gasteiger partial charge in [0.15, 0.2) is 0 Å². The van der Waals surface area contributed by atoms with Crippen LogP contribution in [0.1, 0.15) is 42.7 Å². The quantitative estimate of drug-likeness (QED) is 0.774. The SMILES string of the molecule is CCCSc1cc(C(=O)O)cc(CCC)n1. The summed E-state index contributed by atoms with van der Waals surface area (Å²) in [6, 6.07) is 3.32. The second-order valence-corrected chi connectivity index (χ2v) is 4.70. The van der Waals surface area contributed by atoms with Crippen LogP contribution in [0.25, 0.3) is 0 Å². The number of thioether (sulfide) groups is 1. The van der Waals surface area contributed by atoms with E-state index in [1.54, 1.807) is 23.9 Å². The molecule has 1 aromatic heterocycles. The van der Waals surface area contributed by atoms with Crippen LogP contribution in [0.3, 0.4) is 0 Å². The molecule has 0 radical (unpaired) electrons. The smallest absolute Gasteiger partial charge is 0.335 e. The monoisotopic (exact) mass is 239 g/mol. The number of pyridine rings is 1. The molecule has 3 nitrogen and oxygen atoms in total. The van der Waals surface area contributed by atoms with Crippen LogP contribution < -0.4 is 0 Å². The molecule has 0 bridgehead atoms. The molecule has 1 aromatic rings. The number of hydrogen-bond donors (Lipinski definition) is 1. The highest BCUT2D eigenvalue weighted by Gasteiger charge is 2.08. The van der Waals surface area contributed by atoms with E-state index in [-0.39, 0.29) is 0 Å². The van der Waals surface area contributed by atoms with Crippen LogP contribution in [0, 0.1) is 0 Å². The Balaban J connectivity index is 2.93. The van der Waals surface area contributed by atoms with Crippen molar-refractivity contribution >= 4 is 17.7 Å². The topological polar surface area (TPSA) is 50.2 Å². The van der Waals surface area contributed by atoms with E-state index < -0.39 is 5.97 Å². The summed E-state index contributed by atoms with van der Waals surface area (Å²) >= 11 is 1.62. The van der Waals surface area contributed by atoms with Crippen molar-refractivity contribution in [3.05, 3.63) is 23.4 Å². The van der Waals surface area contributed by atoms with E-state index in [0.717, 1.165) is 35.7 Å². The highest BCUT2D eigenvalue weighted by molar-refractivity contribution is 7.99. The Morgan fingerprint density at radius 3 is 2.69 bits per heavy atom. The van der Waals surface area contributed by atoms with Gasteiger partial charge in [-0.25, -0.2) is 9.78 Å². The van der Waals surface area contributed by atoms with Crippen LogP contribution in [-0.2, 0) is 6.42 Å². The van der Waals surface area contributed by atoms with Crippen LogP contribution in [0.5, 0.6) is 0 Å². The minimum Gasteiger partial charge on any atom is -0.478 e. The molecule has 0 saturated carbocycles. The molecular formula is C12H17NO2S. The van der Waals surface area contributed by atoms with Gasteiger partial charge in [0.2, 0.25) is 0 Å². The number of rotatable bonds is 6. The molecule has 4 heteroatoms. The van der Waals surface area contributed by atoms with E-state index >= 15 is 0 Å². The molecule has 0 amide bonds. The third-order valence-corrected chi connectivity index (χ3v) is 3.18. The van der Waals surface area contributed by atoms with Gasteiger partial charge in [0, 0.05) is 5.69 Å². The molecule has 88 valence electrons. The first-order valence-electron chi connectivity index (χ1n) is 5.54.